The molecule has 0 aliphatic carbocycles. The van der Waals surface area contributed by atoms with Gasteiger partial charge in [-0.15, -0.1) is 13.2 Å². The second-order valence-electron chi connectivity index (χ2n) is 6.70. The molecule has 0 aliphatic rings. The highest BCUT2D eigenvalue weighted by Crippen LogP contribution is 2.24. The summed E-state index contributed by atoms with van der Waals surface area (Å²) in [5.41, 5.74) is 0.986. The number of hydrogen-bond acceptors (Lipinski definition) is 5. The number of hydrogen-bond donors (Lipinski definition) is 1. The lowest BCUT2D eigenvalue weighted by molar-refractivity contribution is -0.274. The molecule has 1 N–H and O–H groups in total. The molecule has 1 aromatic heterocycles. The van der Waals surface area contributed by atoms with Crippen molar-refractivity contribution in [3.63, 3.8) is 0 Å². The van der Waals surface area contributed by atoms with Crippen molar-refractivity contribution in [2.24, 2.45) is 0 Å². The third-order valence-electron chi connectivity index (χ3n) is 4.39. The van der Waals surface area contributed by atoms with Crippen LogP contribution >= 0.6 is 0 Å². The van der Waals surface area contributed by atoms with Crippen LogP contribution in [0.2, 0.25) is 0 Å². The molecule has 1 atom stereocenters. The molecule has 2 aromatic carbocycles. The molecule has 0 saturated carbocycles. The molecular weight excluding hydrogens is 427 g/mol. The van der Waals surface area contributed by atoms with Gasteiger partial charge in [0.1, 0.15) is 17.5 Å². The van der Waals surface area contributed by atoms with Gasteiger partial charge in [0.2, 0.25) is 5.91 Å². The molecule has 1 unspecified atom stereocenters. The van der Waals surface area contributed by atoms with E-state index in [4.69, 9.17) is 4.74 Å². The molecule has 168 valence electrons. The lowest BCUT2D eigenvalue weighted by atomic mass is 10.1. The minimum Gasteiger partial charge on any atom is -0.494 e. The van der Waals surface area contributed by atoms with E-state index in [1.54, 1.807) is 30.3 Å². The fourth-order valence-corrected chi connectivity index (χ4v) is 2.84. The smallest absolute Gasteiger partial charge is 0.494 e. The van der Waals surface area contributed by atoms with Crippen LogP contribution in [0.3, 0.4) is 0 Å². The molecule has 32 heavy (non-hydrogen) atoms. The van der Waals surface area contributed by atoms with E-state index in [9.17, 15) is 22.8 Å². The van der Waals surface area contributed by atoms with Gasteiger partial charge >= 0.3 is 6.36 Å². The minimum atomic E-state index is -4.81. The molecule has 10 heteroatoms. The number of amides is 1. The van der Waals surface area contributed by atoms with E-state index in [1.807, 2.05) is 6.92 Å². The fraction of sp³-hybridized carbons (Fsp3) is 0.227. The topological polar surface area (TPSA) is 82.5 Å². The number of alkyl halides is 3. The summed E-state index contributed by atoms with van der Waals surface area (Å²) >= 11 is 0. The Bertz CT molecular complexity index is 1130. The van der Waals surface area contributed by atoms with Crippen LogP contribution in [0, 0.1) is 0 Å². The van der Waals surface area contributed by atoms with Crippen molar-refractivity contribution in [3.8, 4) is 22.8 Å². The van der Waals surface area contributed by atoms with Crippen LogP contribution in [0.15, 0.2) is 65.5 Å². The van der Waals surface area contributed by atoms with Crippen molar-refractivity contribution in [2.45, 2.75) is 26.3 Å². The van der Waals surface area contributed by atoms with E-state index in [2.05, 4.69) is 15.2 Å². The van der Waals surface area contributed by atoms with E-state index in [1.165, 1.54) is 25.1 Å². The number of benzene rings is 2. The summed E-state index contributed by atoms with van der Waals surface area (Å²) in [5, 5.41) is 6.84. The molecule has 3 rings (SSSR count). The number of rotatable bonds is 7. The van der Waals surface area contributed by atoms with Crippen molar-refractivity contribution in [3.05, 3.63) is 71.0 Å². The zero-order valence-corrected chi connectivity index (χ0v) is 17.2. The maximum atomic E-state index is 12.6. The number of halogens is 3. The van der Waals surface area contributed by atoms with Crippen molar-refractivity contribution >= 4 is 11.6 Å². The molecule has 3 aromatic rings. The summed E-state index contributed by atoms with van der Waals surface area (Å²) in [7, 11) is 0. The van der Waals surface area contributed by atoms with Crippen molar-refractivity contribution < 1.29 is 27.4 Å². The third-order valence-corrected chi connectivity index (χ3v) is 4.39. The number of carbonyl (C=O) groups excluding carboxylic acids is 1. The fourth-order valence-electron chi connectivity index (χ4n) is 2.84. The Morgan fingerprint density at radius 2 is 1.66 bits per heavy atom. The Hall–Kier alpha value is -3.82. The van der Waals surface area contributed by atoms with Gasteiger partial charge in [0.05, 0.1) is 12.3 Å². The first-order valence-corrected chi connectivity index (χ1v) is 9.66. The second-order valence-corrected chi connectivity index (χ2v) is 6.70. The normalized spacial score (nSPS) is 12.2. The van der Waals surface area contributed by atoms with Crippen LogP contribution in [-0.4, -0.2) is 28.7 Å². The Balaban J connectivity index is 1.75. The molecular formula is C22H20F3N3O4. The number of carbonyl (C=O) groups is 1. The average molecular weight is 447 g/mol. The number of ether oxygens (including phenoxy) is 2. The second kappa shape index (κ2) is 9.54. The minimum absolute atomic E-state index is 0.243. The Kier molecular flexibility index (Phi) is 6.82. The summed E-state index contributed by atoms with van der Waals surface area (Å²) in [4.78, 5) is 24.9. The van der Waals surface area contributed by atoms with Gasteiger partial charge in [0.15, 0.2) is 0 Å². The van der Waals surface area contributed by atoms with Crippen molar-refractivity contribution in [1.82, 2.24) is 9.78 Å². The van der Waals surface area contributed by atoms with Crippen LogP contribution in [0.25, 0.3) is 11.3 Å². The lowest BCUT2D eigenvalue weighted by Gasteiger charge is -2.15. The number of nitrogens with zero attached hydrogens (tertiary/aromatic N) is 2. The molecule has 0 bridgehead atoms. The van der Waals surface area contributed by atoms with Crippen molar-refractivity contribution in [1.29, 1.82) is 0 Å². The predicted octanol–water partition coefficient (Wildman–Crippen LogP) is 4.41. The van der Waals surface area contributed by atoms with E-state index in [0.29, 0.717) is 18.1 Å². The average Bonchev–Trinajstić information content (AvgIpc) is 2.75. The van der Waals surface area contributed by atoms with Gasteiger partial charge in [-0.25, -0.2) is 4.68 Å². The Morgan fingerprint density at radius 1 is 1.03 bits per heavy atom. The van der Waals surface area contributed by atoms with E-state index >= 15 is 0 Å². The molecule has 0 radical (unpaired) electrons. The zero-order chi connectivity index (χ0) is 23.3. The number of nitrogens with one attached hydrogen (secondary N) is 1. The largest absolute Gasteiger partial charge is 0.573 e. The van der Waals surface area contributed by atoms with Gasteiger partial charge < -0.3 is 14.8 Å². The summed E-state index contributed by atoms with van der Waals surface area (Å²) < 4.78 is 47.0. The van der Waals surface area contributed by atoms with Crippen LogP contribution in [0.4, 0.5) is 18.9 Å². The third kappa shape index (κ3) is 5.87. The molecule has 1 amide bonds. The Morgan fingerprint density at radius 3 is 2.25 bits per heavy atom. The van der Waals surface area contributed by atoms with E-state index < -0.39 is 29.6 Å². The maximum Gasteiger partial charge on any atom is 0.573 e. The van der Waals surface area contributed by atoms with Crippen LogP contribution < -0.4 is 20.3 Å². The molecule has 0 saturated heterocycles. The van der Waals surface area contributed by atoms with Gasteiger partial charge in [-0.05, 0) is 68.4 Å². The van der Waals surface area contributed by atoms with Gasteiger partial charge in [-0.1, -0.05) is 0 Å². The number of aromatic nitrogens is 2. The quantitative estimate of drug-likeness (QED) is 0.580. The first kappa shape index (κ1) is 22.9. The van der Waals surface area contributed by atoms with E-state index in [0.717, 1.165) is 22.4 Å². The predicted molar refractivity (Wildman–Crippen MR) is 112 cm³/mol. The highest BCUT2D eigenvalue weighted by molar-refractivity contribution is 5.93. The summed E-state index contributed by atoms with van der Waals surface area (Å²) in [5.74, 6) is -0.276. The van der Waals surface area contributed by atoms with Gasteiger partial charge in [0, 0.05) is 17.3 Å². The molecule has 7 nitrogen and oxygen atoms in total. The summed E-state index contributed by atoms with van der Waals surface area (Å²) in [6, 6.07) is 13.7. The number of anilines is 1. The first-order chi connectivity index (χ1) is 15.2. The Labute approximate surface area is 181 Å². The maximum absolute atomic E-state index is 12.6. The highest BCUT2D eigenvalue weighted by Gasteiger charge is 2.31. The molecule has 0 fully saturated rings. The van der Waals surface area contributed by atoms with Gasteiger partial charge in [0.25, 0.3) is 5.56 Å². The monoisotopic (exact) mass is 447 g/mol. The van der Waals surface area contributed by atoms with Crippen LogP contribution in [0.5, 0.6) is 11.5 Å². The summed E-state index contributed by atoms with van der Waals surface area (Å²) in [6.45, 7) is 3.91. The SMILES string of the molecule is CCOc1ccc(-c2ccc(=O)n(C(C)C(=O)Nc3ccc(OC(F)(F)F)cc3)n2)cc1. The van der Waals surface area contributed by atoms with Crippen molar-refractivity contribution in [2.75, 3.05) is 11.9 Å². The van der Waals surface area contributed by atoms with Gasteiger partial charge in [-0.2, -0.15) is 5.10 Å². The zero-order valence-electron chi connectivity index (χ0n) is 17.2. The molecule has 1 heterocycles. The molecule has 0 aliphatic heterocycles. The first-order valence-electron chi connectivity index (χ1n) is 9.66. The van der Waals surface area contributed by atoms with Gasteiger partial charge in [-0.3, -0.25) is 9.59 Å². The summed E-state index contributed by atoms with van der Waals surface area (Å²) in [6.07, 6.45) is -4.81. The van der Waals surface area contributed by atoms with Crippen LogP contribution in [-0.2, 0) is 4.79 Å². The van der Waals surface area contributed by atoms with Crippen LogP contribution in [0.1, 0.15) is 19.9 Å². The molecule has 0 spiro atoms. The lowest BCUT2D eigenvalue weighted by Crippen LogP contribution is -2.33. The van der Waals surface area contributed by atoms with E-state index in [-0.39, 0.29) is 5.69 Å². The highest BCUT2D eigenvalue weighted by atomic mass is 19.4. The standard InChI is InChI=1S/C22H20F3N3O4/c1-3-31-17-8-4-15(5-9-17)19-12-13-20(29)28(27-19)14(2)21(30)26-16-6-10-18(11-7-16)32-22(23,24)25/h4-14H,3H2,1-2H3,(H,26,30).